The van der Waals surface area contributed by atoms with Crippen molar-refractivity contribution in [2.45, 2.75) is 45.4 Å². The number of likely N-dealkylation sites (N-methyl/N-ethyl adjacent to an activating group) is 1. The molecule has 8 heteroatoms. The van der Waals surface area contributed by atoms with Crippen molar-refractivity contribution in [3.63, 3.8) is 0 Å². The number of benzene rings is 2. The summed E-state index contributed by atoms with van der Waals surface area (Å²) in [5.41, 5.74) is 0.613. The predicted molar refractivity (Wildman–Crippen MR) is 140 cm³/mol. The van der Waals surface area contributed by atoms with Gasteiger partial charge in [-0.25, -0.2) is 0 Å². The highest BCUT2D eigenvalue weighted by molar-refractivity contribution is 6.06. The molecule has 0 spiro atoms. The first-order valence-corrected chi connectivity index (χ1v) is 12.5. The van der Waals surface area contributed by atoms with E-state index < -0.39 is 17.4 Å². The molecule has 0 fully saturated rings. The van der Waals surface area contributed by atoms with E-state index in [1.54, 1.807) is 50.2 Å². The molecule has 0 saturated carbocycles. The van der Waals surface area contributed by atoms with Gasteiger partial charge in [0.05, 0.1) is 20.3 Å². The van der Waals surface area contributed by atoms with Crippen molar-refractivity contribution >= 4 is 24.0 Å². The normalized spacial score (nSPS) is 11.2. The summed E-state index contributed by atoms with van der Waals surface area (Å²) in [6.45, 7) is 6.40. The molecule has 0 aliphatic carbocycles. The van der Waals surface area contributed by atoms with Crippen LogP contribution in [0.1, 0.15) is 65.5 Å². The number of Topliss-reactive ketones (excluding diaryl/α,β-unsaturated/α-hetero) is 1. The minimum atomic E-state index is -1.61. The number of rotatable bonds is 15. The molecule has 0 aromatic heterocycles. The molecule has 0 radical (unpaired) electrons. The van der Waals surface area contributed by atoms with E-state index in [-0.39, 0.29) is 25.4 Å². The summed E-state index contributed by atoms with van der Waals surface area (Å²) in [5.74, 6) is -0.904. The van der Waals surface area contributed by atoms with Gasteiger partial charge in [0.2, 0.25) is 0 Å². The molecule has 0 unspecified atom stereocenters. The lowest BCUT2D eigenvalue weighted by molar-refractivity contribution is -0.165. The van der Waals surface area contributed by atoms with Gasteiger partial charge in [-0.1, -0.05) is 24.3 Å². The van der Waals surface area contributed by atoms with Crippen LogP contribution in [0.5, 0.6) is 5.75 Å². The molecular formula is C29H37NO7. The number of hydrogen-bond donors (Lipinski definition) is 0. The second-order valence-corrected chi connectivity index (χ2v) is 8.83. The van der Waals surface area contributed by atoms with Gasteiger partial charge in [-0.3, -0.25) is 19.2 Å². The highest BCUT2D eigenvalue weighted by Crippen LogP contribution is 2.35. The average molecular weight is 512 g/mol. The van der Waals surface area contributed by atoms with E-state index in [1.165, 1.54) is 14.0 Å². The van der Waals surface area contributed by atoms with Crippen molar-refractivity contribution in [3.8, 4) is 5.75 Å². The van der Waals surface area contributed by atoms with Crippen LogP contribution in [0, 0.1) is 0 Å². The van der Waals surface area contributed by atoms with Gasteiger partial charge in [0.25, 0.3) is 0 Å². The number of carbonyl (C=O) groups excluding carboxylic acids is 4. The Morgan fingerprint density at radius 2 is 1.65 bits per heavy atom. The Balaban J connectivity index is 2.18. The molecule has 2 rings (SSSR count). The Kier molecular flexibility index (Phi) is 11.5. The number of methoxy groups -OCH3 is 1. The molecule has 2 aromatic carbocycles. The van der Waals surface area contributed by atoms with Crippen LogP contribution in [0.25, 0.3) is 0 Å². The third-order valence-electron chi connectivity index (χ3n) is 6.31. The Hall–Kier alpha value is -3.52. The van der Waals surface area contributed by atoms with Crippen LogP contribution in [0.4, 0.5) is 0 Å². The molecule has 37 heavy (non-hydrogen) atoms. The van der Waals surface area contributed by atoms with Crippen LogP contribution < -0.4 is 4.74 Å². The first-order valence-electron chi connectivity index (χ1n) is 12.5. The number of ketones is 1. The van der Waals surface area contributed by atoms with Gasteiger partial charge in [0.15, 0.2) is 17.5 Å². The minimum absolute atomic E-state index is 0.134. The van der Waals surface area contributed by atoms with Crippen molar-refractivity contribution in [3.05, 3.63) is 64.7 Å². The van der Waals surface area contributed by atoms with Crippen molar-refractivity contribution < 1.29 is 33.4 Å². The summed E-state index contributed by atoms with van der Waals surface area (Å²) in [6, 6.07) is 12.2. The van der Waals surface area contributed by atoms with E-state index in [2.05, 4.69) is 4.90 Å². The fraction of sp³-hybridized carbons (Fsp3) is 0.448. The van der Waals surface area contributed by atoms with Gasteiger partial charge in [0.1, 0.15) is 5.75 Å². The summed E-state index contributed by atoms with van der Waals surface area (Å²) in [6.07, 6.45) is 2.10. The van der Waals surface area contributed by atoms with E-state index in [4.69, 9.17) is 14.2 Å². The topological polar surface area (TPSA) is 99.2 Å². The number of ether oxygens (including phenoxy) is 3. The molecule has 0 amide bonds. The highest BCUT2D eigenvalue weighted by atomic mass is 16.6. The van der Waals surface area contributed by atoms with Gasteiger partial charge in [0, 0.05) is 17.7 Å². The monoisotopic (exact) mass is 511 g/mol. The van der Waals surface area contributed by atoms with Crippen LogP contribution in [-0.2, 0) is 30.9 Å². The molecule has 0 N–H and O–H groups in total. The molecule has 200 valence electrons. The number of hydrogen-bond acceptors (Lipinski definition) is 8. The molecular weight excluding hydrogens is 474 g/mol. The van der Waals surface area contributed by atoms with Crippen molar-refractivity contribution in [2.24, 2.45) is 0 Å². The number of nitrogens with zero attached hydrogens (tertiary/aromatic N) is 1. The zero-order valence-corrected chi connectivity index (χ0v) is 22.4. The van der Waals surface area contributed by atoms with Crippen molar-refractivity contribution in [2.75, 3.05) is 40.5 Å². The number of aldehydes is 1. The van der Waals surface area contributed by atoms with Crippen molar-refractivity contribution in [1.82, 2.24) is 4.90 Å². The third kappa shape index (κ3) is 7.49. The largest absolute Gasteiger partial charge is 0.497 e. The quantitative estimate of drug-likeness (QED) is 0.153. The summed E-state index contributed by atoms with van der Waals surface area (Å²) in [4.78, 5) is 51.7. The molecule has 0 heterocycles. The minimum Gasteiger partial charge on any atom is -0.497 e. The Bertz CT molecular complexity index is 1080. The average Bonchev–Trinajstić information content (AvgIpc) is 2.89. The lowest BCUT2D eigenvalue weighted by atomic mass is 9.76. The number of carbonyl (C=O) groups is 4. The SMILES string of the molecule is CCOC(=O)C(CCCN(C)CCc1ccc(C(C)=O)c(C=O)c1)(C(=O)OCC)c1cccc(OC)c1. The van der Waals surface area contributed by atoms with Crippen LogP contribution in [-0.4, -0.2) is 69.4 Å². The van der Waals surface area contributed by atoms with E-state index >= 15 is 0 Å². The van der Waals surface area contributed by atoms with Crippen LogP contribution >= 0.6 is 0 Å². The molecule has 0 aliphatic rings. The van der Waals surface area contributed by atoms with E-state index in [9.17, 15) is 19.2 Å². The zero-order chi connectivity index (χ0) is 27.4. The molecule has 0 saturated heterocycles. The van der Waals surface area contributed by atoms with E-state index in [0.717, 1.165) is 5.56 Å². The van der Waals surface area contributed by atoms with Crippen LogP contribution in [0.15, 0.2) is 42.5 Å². The fourth-order valence-electron chi connectivity index (χ4n) is 4.30. The van der Waals surface area contributed by atoms with Gasteiger partial charge in [-0.05, 0) is 83.0 Å². The lowest BCUT2D eigenvalue weighted by Crippen LogP contribution is -2.46. The second-order valence-electron chi connectivity index (χ2n) is 8.83. The first-order chi connectivity index (χ1) is 17.7. The highest BCUT2D eigenvalue weighted by Gasteiger charge is 2.50. The first kappa shape index (κ1) is 29.7. The summed E-state index contributed by atoms with van der Waals surface area (Å²) < 4.78 is 16.1. The molecule has 8 nitrogen and oxygen atoms in total. The van der Waals surface area contributed by atoms with Crippen LogP contribution in [0.3, 0.4) is 0 Å². The Morgan fingerprint density at radius 3 is 2.22 bits per heavy atom. The van der Waals surface area contributed by atoms with Gasteiger partial charge in [-0.2, -0.15) is 0 Å². The van der Waals surface area contributed by atoms with Crippen LogP contribution in [0.2, 0.25) is 0 Å². The fourth-order valence-corrected chi connectivity index (χ4v) is 4.30. The van der Waals surface area contributed by atoms with Gasteiger partial charge in [-0.15, -0.1) is 0 Å². The maximum atomic E-state index is 13.3. The molecule has 0 atom stereocenters. The maximum absolute atomic E-state index is 13.3. The maximum Gasteiger partial charge on any atom is 0.328 e. The Labute approximate surface area is 218 Å². The standard InChI is InChI=1S/C29H37NO7/c1-6-36-27(33)29(28(34)37-7-2,24-10-8-11-25(19-24)35-5)15-9-16-30(4)17-14-22-12-13-26(21(3)32)23(18-22)20-31/h8,10-13,18-20H,6-7,9,14-17H2,1-5H3. The molecule has 0 aliphatic heterocycles. The molecule has 2 aromatic rings. The lowest BCUT2D eigenvalue weighted by Gasteiger charge is -2.30. The number of esters is 2. The Morgan fingerprint density at radius 1 is 0.973 bits per heavy atom. The van der Waals surface area contributed by atoms with E-state index in [0.29, 0.717) is 54.7 Å². The summed E-state index contributed by atoms with van der Waals surface area (Å²) in [7, 11) is 3.47. The van der Waals surface area contributed by atoms with Gasteiger partial charge < -0.3 is 19.1 Å². The zero-order valence-electron chi connectivity index (χ0n) is 22.4. The molecule has 0 bridgehead atoms. The van der Waals surface area contributed by atoms with E-state index in [1.807, 2.05) is 13.1 Å². The predicted octanol–water partition coefficient (Wildman–Crippen LogP) is 4.03. The van der Waals surface area contributed by atoms with Gasteiger partial charge >= 0.3 is 11.9 Å². The smallest absolute Gasteiger partial charge is 0.328 e. The summed E-state index contributed by atoms with van der Waals surface area (Å²) >= 11 is 0. The summed E-state index contributed by atoms with van der Waals surface area (Å²) in [5, 5.41) is 0. The second kappa shape index (κ2) is 14.3. The third-order valence-corrected chi connectivity index (χ3v) is 6.31. The van der Waals surface area contributed by atoms with Crippen molar-refractivity contribution in [1.29, 1.82) is 0 Å².